The molecule has 2 aromatic carbocycles. The maximum Gasteiger partial charge on any atom is 0.167 e. The van der Waals surface area contributed by atoms with Crippen LogP contribution in [0.4, 0.5) is 0 Å². The molecule has 1 N–H and O–H groups in total. The van der Waals surface area contributed by atoms with E-state index < -0.39 is 0 Å². The molecule has 0 amide bonds. The number of methoxy groups -OCH3 is 1. The third kappa shape index (κ3) is 3.82. The van der Waals surface area contributed by atoms with Crippen LogP contribution in [0.15, 0.2) is 30.3 Å². The Kier molecular flexibility index (Phi) is 5.34. The molecule has 0 aliphatic carbocycles. The first-order chi connectivity index (χ1) is 10.0. The van der Waals surface area contributed by atoms with Gasteiger partial charge in [0.1, 0.15) is 6.61 Å². The Morgan fingerprint density at radius 1 is 1.10 bits per heavy atom. The van der Waals surface area contributed by atoms with Gasteiger partial charge in [-0.2, -0.15) is 0 Å². The quantitative estimate of drug-likeness (QED) is 0.886. The van der Waals surface area contributed by atoms with Crippen LogP contribution in [0, 0.1) is 6.92 Å². The van der Waals surface area contributed by atoms with Crippen LogP contribution in [-0.4, -0.2) is 12.2 Å². The number of halogens is 2. The summed E-state index contributed by atoms with van der Waals surface area (Å²) in [5.74, 6) is 0.954. The molecule has 2 rings (SSSR count). The van der Waals surface area contributed by atoms with E-state index in [1.807, 2.05) is 25.1 Å². The second-order valence-electron chi connectivity index (χ2n) is 4.64. The smallest absolute Gasteiger partial charge is 0.167 e. The lowest BCUT2D eigenvalue weighted by molar-refractivity contribution is 0.250. The molecule has 0 fully saturated rings. The van der Waals surface area contributed by atoms with E-state index in [4.69, 9.17) is 32.7 Å². The Labute approximate surface area is 134 Å². The van der Waals surface area contributed by atoms with E-state index in [1.165, 1.54) is 7.11 Å². The van der Waals surface area contributed by atoms with Crippen molar-refractivity contribution < 1.29 is 14.6 Å². The Balaban J connectivity index is 2.26. The average Bonchev–Trinajstić information content (AvgIpc) is 2.46. The lowest BCUT2D eigenvalue weighted by Gasteiger charge is -2.15. The molecular weight excluding hydrogens is 311 g/mol. The second-order valence-corrected chi connectivity index (χ2v) is 5.48. The largest absolute Gasteiger partial charge is 0.493 e. The number of ether oxygens (including phenoxy) is 2. The van der Waals surface area contributed by atoms with Crippen molar-refractivity contribution in [2.45, 2.75) is 20.1 Å². The zero-order valence-electron chi connectivity index (χ0n) is 11.8. The molecule has 5 heteroatoms. The standard InChI is InChI=1S/C16H16Cl2O3/c1-10-3-4-11(14(18)5-10)9-21-16-12(8-19)6-13(17)7-15(16)20-2/h3-7,19H,8-9H2,1-2H3. The molecule has 0 atom stereocenters. The highest BCUT2D eigenvalue weighted by Gasteiger charge is 2.13. The van der Waals surface area contributed by atoms with Gasteiger partial charge in [0.2, 0.25) is 0 Å². The molecule has 3 nitrogen and oxygen atoms in total. The zero-order valence-corrected chi connectivity index (χ0v) is 13.3. The van der Waals surface area contributed by atoms with Gasteiger partial charge in [0, 0.05) is 27.2 Å². The first-order valence-electron chi connectivity index (χ1n) is 6.40. The molecular formula is C16H16Cl2O3. The molecule has 21 heavy (non-hydrogen) atoms. The van der Waals surface area contributed by atoms with E-state index in [2.05, 4.69) is 0 Å². The Morgan fingerprint density at radius 3 is 2.48 bits per heavy atom. The predicted octanol–water partition coefficient (Wildman–Crippen LogP) is 4.38. The van der Waals surface area contributed by atoms with Crippen molar-refractivity contribution in [1.29, 1.82) is 0 Å². The normalized spacial score (nSPS) is 10.5. The Bertz CT molecular complexity index is 616. The van der Waals surface area contributed by atoms with Gasteiger partial charge >= 0.3 is 0 Å². The zero-order chi connectivity index (χ0) is 15.4. The summed E-state index contributed by atoms with van der Waals surface area (Å²) < 4.78 is 11.0. The van der Waals surface area contributed by atoms with Gasteiger partial charge in [0.15, 0.2) is 11.5 Å². The van der Waals surface area contributed by atoms with E-state index in [9.17, 15) is 5.11 Å². The molecule has 0 aliphatic heterocycles. The lowest BCUT2D eigenvalue weighted by Crippen LogP contribution is -2.02. The van der Waals surface area contributed by atoms with Crippen molar-refractivity contribution >= 4 is 23.2 Å². The number of aliphatic hydroxyl groups excluding tert-OH is 1. The first kappa shape index (κ1) is 16.0. The molecule has 0 radical (unpaired) electrons. The van der Waals surface area contributed by atoms with Crippen molar-refractivity contribution in [2.24, 2.45) is 0 Å². The minimum atomic E-state index is -0.187. The van der Waals surface area contributed by atoms with Crippen LogP contribution >= 0.6 is 23.2 Å². The predicted molar refractivity (Wildman–Crippen MR) is 84.4 cm³/mol. The van der Waals surface area contributed by atoms with Gasteiger partial charge in [-0.25, -0.2) is 0 Å². The van der Waals surface area contributed by atoms with E-state index >= 15 is 0 Å². The fourth-order valence-corrected chi connectivity index (χ4v) is 2.50. The van der Waals surface area contributed by atoms with Crippen molar-refractivity contribution in [3.05, 3.63) is 57.1 Å². The van der Waals surface area contributed by atoms with Gasteiger partial charge in [-0.05, 0) is 24.6 Å². The van der Waals surface area contributed by atoms with Crippen LogP contribution < -0.4 is 9.47 Å². The maximum atomic E-state index is 9.43. The van der Waals surface area contributed by atoms with Gasteiger partial charge in [-0.3, -0.25) is 0 Å². The Hall–Kier alpha value is -1.42. The minimum Gasteiger partial charge on any atom is -0.493 e. The summed E-state index contributed by atoms with van der Waals surface area (Å²) in [6, 6.07) is 9.06. The molecule has 0 bridgehead atoms. The van der Waals surface area contributed by atoms with Crippen LogP contribution in [0.5, 0.6) is 11.5 Å². The van der Waals surface area contributed by atoms with Crippen molar-refractivity contribution in [1.82, 2.24) is 0 Å². The second kappa shape index (κ2) is 7.03. The maximum absolute atomic E-state index is 9.43. The summed E-state index contributed by atoms with van der Waals surface area (Å²) in [6.07, 6.45) is 0. The van der Waals surface area contributed by atoms with E-state index in [1.54, 1.807) is 12.1 Å². The van der Waals surface area contributed by atoms with Gasteiger partial charge in [0.25, 0.3) is 0 Å². The summed E-state index contributed by atoms with van der Waals surface area (Å²) in [6.45, 7) is 2.07. The average molecular weight is 327 g/mol. The number of aliphatic hydroxyl groups is 1. The number of rotatable bonds is 5. The fraction of sp³-hybridized carbons (Fsp3) is 0.250. The fourth-order valence-electron chi connectivity index (χ4n) is 1.97. The third-order valence-electron chi connectivity index (χ3n) is 3.07. The summed E-state index contributed by atoms with van der Waals surface area (Å²) in [4.78, 5) is 0. The monoisotopic (exact) mass is 326 g/mol. The van der Waals surface area contributed by atoms with E-state index in [0.717, 1.165) is 11.1 Å². The summed E-state index contributed by atoms with van der Waals surface area (Å²) in [7, 11) is 1.53. The van der Waals surface area contributed by atoms with Gasteiger partial charge in [-0.1, -0.05) is 35.3 Å². The van der Waals surface area contributed by atoms with Gasteiger partial charge in [0.05, 0.1) is 13.7 Å². The number of hydrogen-bond acceptors (Lipinski definition) is 3. The lowest BCUT2D eigenvalue weighted by atomic mass is 10.1. The van der Waals surface area contributed by atoms with Gasteiger partial charge < -0.3 is 14.6 Å². The number of aryl methyl sites for hydroxylation is 1. The van der Waals surface area contributed by atoms with Crippen LogP contribution in [0.2, 0.25) is 10.0 Å². The molecule has 0 unspecified atom stereocenters. The summed E-state index contributed by atoms with van der Waals surface area (Å²) in [5, 5.41) is 10.6. The minimum absolute atomic E-state index is 0.187. The highest BCUT2D eigenvalue weighted by Crippen LogP contribution is 2.35. The topological polar surface area (TPSA) is 38.7 Å². The van der Waals surface area contributed by atoms with Crippen LogP contribution in [0.3, 0.4) is 0 Å². The van der Waals surface area contributed by atoms with E-state index in [-0.39, 0.29) is 13.2 Å². The first-order valence-corrected chi connectivity index (χ1v) is 7.16. The summed E-state index contributed by atoms with van der Waals surface area (Å²) >= 11 is 12.2. The van der Waals surface area contributed by atoms with Crippen LogP contribution in [0.1, 0.15) is 16.7 Å². The van der Waals surface area contributed by atoms with Crippen molar-refractivity contribution in [3.8, 4) is 11.5 Å². The van der Waals surface area contributed by atoms with Crippen molar-refractivity contribution in [2.75, 3.05) is 7.11 Å². The number of hydrogen-bond donors (Lipinski definition) is 1. The van der Waals surface area contributed by atoms with Crippen LogP contribution in [0.25, 0.3) is 0 Å². The molecule has 0 spiro atoms. The number of benzene rings is 2. The van der Waals surface area contributed by atoms with Crippen LogP contribution in [-0.2, 0) is 13.2 Å². The van der Waals surface area contributed by atoms with Crippen molar-refractivity contribution in [3.63, 3.8) is 0 Å². The molecule has 0 aromatic heterocycles. The molecule has 0 aliphatic rings. The molecule has 2 aromatic rings. The Morgan fingerprint density at radius 2 is 1.86 bits per heavy atom. The molecule has 0 saturated carbocycles. The van der Waals surface area contributed by atoms with E-state index in [0.29, 0.717) is 27.1 Å². The highest BCUT2D eigenvalue weighted by atomic mass is 35.5. The molecule has 112 valence electrons. The molecule has 0 heterocycles. The van der Waals surface area contributed by atoms with Gasteiger partial charge in [-0.15, -0.1) is 0 Å². The summed E-state index contributed by atoms with van der Waals surface area (Å²) in [5.41, 5.74) is 2.52. The highest BCUT2D eigenvalue weighted by molar-refractivity contribution is 6.31. The SMILES string of the molecule is COc1cc(Cl)cc(CO)c1OCc1ccc(C)cc1Cl. The molecule has 0 saturated heterocycles. The third-order valence-corrected chi connectivity index (χ3v) is 3.64.